The third-order valence-corrected chi connectivity index (χ3v) is 6.24. The highest BCUT2D eigenvalue weighted by Crippen LogP contribution is 2.40. The molecule has 0 N–H and O–H groups in total. The van der Waals surface area contributed by atoms with Crippen molar-refractivity contribution < 1.29 is 18.0 Å². The first-order valence-corrected chi connectivity index (χ1v) is 10.5. The van der Waals surface area contributed by atoms with E-state index in [0.29, 0.717) is 17.7 Å². The second-order valence-electron chi connectivity index (χ2n) is 8.22. The highest BCUT2D eigenvalue weighted by atomic mass is 19.4. The van der Waals surface area contributed by atoms with E-state index >= 15 is 0 Å². The van der Waals surface area contributed by atoms with Gasteiger partial charge in [-0.3, -0.25) is 9.48 Å². The number of hydrogen-bond acceptors (Lipinski definition) is 3. The SMILES string of the molecule is CCc1cnc2ccc(-c3cnn4c3C(=O)C(c3ccc(C(F)(F)F)cc3)C[C@@H]4C)cn12. The van der Waals surface area contributed by atoms with Crippen LogP contribution in [0, 0.1) is 0 Å². The van der Waals surface area contributed by atoms with Crippen molar-refractivity contribution in [2.45, 2.75) is 44.8 Å². The van der Waals surface area contributed by atoms with Gasteiger partial charge in [-0.1, -0.05) is 19.1 Å². The van der Waals surface area contributed by atoms with Crippen LogP contribution < -0.4 is 0 Å². The number of nitrogens with zero attached hydrogens (tertiary/aromatic N) is 4. The molecule has 0 saturated carbocycles. The molecule has 0 fully saturated rings. The minimum atomic E-state index is -4.41. The molecule has 5 nitrogen and oxygen atoms in total. The molecule has 0 aliphatic carbocycles. The number of aromatic nitrogens is 4. The summed E-state index contributed by atoms with van der Waals surface area (Å²) in [6.45, 7) is 4.02. The van der Waals surface area contributed by atoms with E-state index in [1.807, 2.05) is 35.9 Å². The molecule has 0 spiro atoms. The van der Waals surface area contributed by atoms with E-state index in [2.05, 4.69) is 17.0 Å². The number of ketones is 1. The number of alkyl halides is 3. The van der Waals surface area contributed by atoms with Crippen molar-refractivity contribution >= 4 is 11.4 Å². The molecule has 1 aliphatic heterocycles. The van der Waals surface area contributed by atoms with Crippen LogP contribution in [0.15, 0.2) is 55.0 Å². The first-order valence-electron chi connectivity index (χ1n) is 10.5. The normalized spacial score (nSPS) is 18.8. The molecule has 164 valence electrons. The molecule has 3 aromatic heterocycles. The maximum Gasteiger partial charge on any atom is 0.416 e. The smallest absolute Gasteiger partial charge is 0.303 e. The van der Waals surface area contributed by atoms with Gasteiger partial charge in [-0.25, -0.2) is 4.98 Å². The van der Waals surface area contributed by atoms with Crippen LogP contribution in [0.1, 0.15) is 59.5 Å². The van der Waals surface area contributed by atoms with Gasteiger partial charge >= 0.3 is 6.18 Å². The molecule has 0 bridgehead atoms. The lowest BCUT2D eigenvalue weighted by atomic mass is 9.83. The van der Waals surface area contributed by atoms with Crippen LogP contribution in [-0.2, 0) is 12.6 Å². The van der Waals surface area contributed by atoms with E-state index in [4.69, 9.17) is 0 Å². The number of aryl methyl sites for hydroxylation is 1. The number of hydrogen-bond donors (Lipinski definition) is 0. The Labute approximate surface area is 182 Å². The van der Waals surface area contributed by atoms with Crippen molar-refractivity contribution in [1.82, 2.24) is 19.2 Å². The zero-order chi connectivity index (χ0) is 22.6. The predicted octanol–water partition coefficient (Wildman–Crippen LogP) is 5.71. The molecule has 5 rings (SSSR count). The van der Waals surface area contributed by atoms with Crippen LogP contribution in [0.5, 0.6) is 0 Å². The Hall–Kier alpha value is -3.42. The van der Waals surface area contributed by atoms with Gasteiger partial charge in [-0.15, -0.1) is 0 Å². The van der Waals surface area contributed by atoms with Crippen molar-refractivity contribution in [3.8, 4) is 11.1 Å². The molecule has 32 heavy (non-hydrogen) atoms. The van der Waals surface area contributed by atoms with Gasteiger partial charge in [0.05, 0.1) is 23.7 Å². The molecule has 4 heterocycles. The average Bonchev–Trinajstić information content (AvgIpc) is 3.40. The second kappa shape index (κ2) is 7.32. The third kappa shape index (κ3) is 3.21. The quantitative estimate of drug-likeness (QED) is 0.412. The Bertz CT molecular complexity index is 1320. The fourth-order valence-electron chi connectivity index (χ4n) is 4.51. The van der Waals surface area contributed by atoms with Crippen molar-refractivity contribution in [1.29, 1.82) is 0 Å². The number of benzene rings is 1. The predicted molar refractivity (Wildman–Crippen MR) is 114 cm³/mol. The standard InChI is InChI=1S/C24H21F3N4O/c1-3-18-11-28-21-9-6-16(13-30(18)21)20-12-29-31-14(2)10-19(23(32)22(20)31)15-4-7-17(8-5-15)24(25,26)27/h4-9,11-14,19H,3,10H2,1-2H3/t14-,19?/m0/s1. The van der Waals surface area contributed by atoms with Crippen LogP contribution >= 0.6 is 0 Å². The molecule has 2 atom stereocenters. The zero-order valence-corrected chi connectivity index (χ0v) is 17.6. The molecule has 0 amide bonds. The number of fused-ring (bicyclic) bond motifs is 2. The van der Waals surface area contributed by atoms with Gasteiger partial charge in [-0.05, 0) is 49.6 Å². The molecule has 4 aromatic rings. The van der Waals surface area contributed by atoms with Gasteiger partial charge < -0.3 is 4.40 Å². The molecule has 1 aliphatic rings. The second-order valence-corrected chi connectivity index (χ2v) is 8.22. The molecular weight excluding hydrogens is 417 g/mol. The van der Waals surface area contributed by atoms with E-state index in [1.54, 1.807) is 10.9 Å². The van der Waals surface area contributed by atoms with Gasteiger partial charge in [0.15, 0.2) is 5.78 Å². The van der Waals surface area contributed by atoms with E-state index < -0.39 is 17.7 Å². The molecular formula is C24H21F3N4O. The maximum absolute atomic E-state index is 13.5. The number of imidazole rings is 1. The van der Waals surface area contributed by atoms with Gasteiger partial charge in [0.25, 0.3) is 0 Å². The van der Waals surface area contributed by atoms with Gasteiger partial charge in [0, 0.05) is 29.2 Å². The molecule has 8 heteroatoms. The minimum Gasteiger partial charge on any atom is -0.303 e. The number of carbonyl (C=O) groups excluding carboxylic acids is 1. The van der Waals surface area contributed by atoms with Crippen LogP contribution in [0.2, 0.25) is 0 Å². The van der Waals surface area contributed by atoms with Crippen molar-refractivity contribution in [3.05, 3.63) is 77.5 Å². The van der Waals surface area contributed by atoms with E-state index in [-0.39, 0.29) is 11.8 Å². The van der Waals surface area contributed by atoms with Crippen molar-refractivity contribution in [2.75, 3.05) is 0 Å². The topological polar surface area (TPSA) is 52.2 Å². The number of Topliss-reactive ketones (excluding diaryl/α,β-unsaturated/α-hetero) is 1. The fraction of sp³-hybridized carbons (Fsp3) is 0.292. The number of carbonyl (C=O) groups is 1. The first kappa shape index (κ1) is 20.5. The summed E-state index contributed by atoms with van der Waals surface area (Å²) in [5.74, 6) is -0.643. The largest absolute Gasteiger partial charge is 0.416 e. The Morgan fingerprint density at radius 1 is 1.09 bits per heavy atom. The van der Waals surface area contributed by atoms with Gasteiger partial charge in [0.1, 0.15) is 11.3 Å². The Morgan fingerprint density at radius 3 is 2.53 bits per heavy atom. The summed E-state index contributed by atoms with van der Waals surface area (Å²) in [6.07, 6.45) is 2.39. The lowest BCUT2D eigenvalue weighted by Crippen LogP contribution is -2.28. The molecule has 0 saturated heterocycles. The van der Waals surface area contributed by atoms with Crippen LogP contribution in [0.3, 0.4) is 0 Å². The van der Waals surface area contributed by atoms with E-state index in [0.717, 1.165) is 41.0 Å². The minimum absolute atomic E-state index is 0.0630. The molecule has 0 radical (unpaired) electrons. The van der Waals surface area contributed by atoms with Crippen LogP contribution in [-0.4, -0.2) is 24.9 Å². The number of pyridine rings is 1. The Kier molecular flexibility index (Phi) is 4.69. The summed E-state index contributed by atoms with van der Waals surface area (Å²) >= 11 is 0. The molecule has 1 aromatic carbocycles. The summed E-state index contributed by atoms with van der Waals surface area (Å²) in [5, 5.41) is 4.47. The van der Waals surface area contributed by atoms with E-state index in [1.165, 1.54) is 12.1 Å². The van der Waals surface area contributed by atoms with E-state index in [9.17, 15) is 18.0 Å². The first-order chi connectivity index (χ1) is 15.3. The van der Waals surface area contributed by atoms with Gasteiger partial charge in [-0.2, -0.15) is 18.3 Å². The fourth-order valence-corrected chi connectivity index (χ4v) is 4.51. The van der Waals surface area contributed by atoms with Crippen LogP contribution in [0.25, 0.3) is 16.8 Å². The number of rotatable bonds is 3. The van der Waals surface area contributed by atoms with Gasteiger partial charge in [0.2, 0.25) is 0 Å². The number of halogens is 3. The summed E-state index contributed by atoms with van der Waals surface area (Å²) in [5.41, 5.74) is 3.82. The third-order valence-electron chi connectivity index (χ3n) is 6.24. The highest BCUT2D eigenvalue weighted by Gasteiger charge is 2.37. The Morgan fingerprint density at radius 2 is 1.84 bits per heavy atom. The average molecular weight is 438 g/mol. The lowest BCUT2D eigenvalue weighted by molar-refractivity contribution is -0.137. The van der Waals surface area contributed by atoms with Crippen molar-refractivity contribution in [3.63, 3.8) is 0 Å². The maximum atomic E-state index is 13.5. The monoisotopic (exact) mass is 438 g/mol. The summed E-state index contributed by atoms with van der Waals surface area (Å²) in [7, 11) is 0. The summed E-state index contributed by atoms with van der Waals surface area (Å²) in [4.78, 5) is 17.9. The Balaban J connectivity index is 1.56. The molecule has 1 unspecified atom stereocenters. The highest BCUT2D eigenvalue weighted by molar-refractivity contribution is 6.05. The summed E-state index contributed by atoms with van der Waals surface area (Å²) in [6, 6.07) is 8.66. The van der Waals surface area contributed by atoms with Crippen molar-refractivity contribution in [2.24, 2.45) is 0 Å². The lowest BCUT2D eigenvalue weighted by Gasteiger charge is -2.28. The summed E-state index contributed by atoms with van der Waals surface area (Å²) < 4.78 is 42.6. The zero-order valence-electron chi connectivity index (χ0n) is 17.6. The van der Waals surface area contributed by atoms with Crippen LogP contribution in [0.4, 0.5) is 13.2 Å².